The lowest BCUT2D eigenvalue weighted by Crippen LogP contribution is -2.32. The lowest BCUT2D eigenvalue weighted by Gasteiger charge is -2.08. The highest BCUT2D eigenvalue weighted by atomic mass is 16.5. The SMILES string of the molecule is Cc1cc(NC(=O)Cc2noc(C(=O)NC3CCCC3)n2)no1. The van der Waals surface area contributed by atoms with Crippen LogP contribution in [-0.4, -0.2) is 33.2 Å². The first-order valence-corrected chi connectivity index (χ1v) is 7.47. The maximum absolute atomic E-state index is 12.0. The molecule has 2 amide bonds. The van der Waals surface area contributed by atoms with Crippen LogP contribution in [0.3, 0.4) is 0 Å². The second-order valence-corrected chi connectivity index (χ2v) is 5.52. The number of amides is 2. The molecule has 0 bridgehead atoms. The number of anilines is 1. The molecule has 23 heavy (non-hydrogen) atoms. The molecule has 0 radical (unpaired) electrons. The van der Waals surface area contributed by atoms with Gasteiger partial charge in [0.2, 0.25) is 5.91 Å². The number of nitrogens with zero attached hydrogens (tertiary/aromatic N) is 3. The lowest BCUT2D eigenvalue weighted by molar-refractivity contribution is -0.115. The number of carbonyl (C=O) groups excluding carboxylic acids is 2. The fraction of sp³-hybridized carbons (Fsp3) is 0.500. The Labute approximate surface area is 131 Å². The Morgan fingerprint density at radius 1 is 1.26 bits per heavy atom. The fourth-order valence-electron chi connectivity index (χ4n) is 2.49. The minimum absolute atomic E-state index is 0.119. The molecule has 2 heterocycles. The van der Waals surface area contributed by atoms with Crippen LogP contribution in [0.5, 0.6) is 0 Å². The number of aryl methyl sites for hydroxylation is 1. The van der Waals surface area contributed by atoms with Crippen molar-refractivity contribution in [1.29, 1.82) is 0 Å². The summed E-state index contributed by atoms with van der Waals surface area (Å²) in [7, 11) is 0. The summed E-state index contributed by atoms with van der Waals surface area (Å²) in [6, 6.07) is 1.76. The summed E-state index contributed by atoms with van der Waals surface area (Å²) < 4.78 is 9.75. The van der Waals surface area contributed by atoms with E-state index in [2.05, 4.69) is 25.9 Å². The first-order chi connectivity index (χ1) is 11.1. The van der Waals surface area contributed by atoms with Gasteiger partial charge in [0.1, 0.15) is 5.76 Å². The molecule has 3 rings (SSSR count). The molecule has 122 valence electrons. The van der Waals surface area contributed by atoms with Gasteiger partial charge in [0, 0.05) is 12.1 Å². The minimum Gasteiger partial charge on any atom is -0.360 e. The van der Waals surface area contributed by atoms with Gasteiger partial charge in [0.05, 0.1) is 6.42 Å². The van der Waals surface area contributed by atoms with Crippen LogP contribution in [0.2, 0.25) is 0 Å². The highest BCUT2D eigenvalue weighted by Crippen LogP contribution is 2.18. The average Bonchev–Trinajstić information content (AvgIpc) is 3.22. The largest absolute Gasteiger partial charge is 0.360 e. The van der Waals surface area contributed by atoms with Crippen LogP contribution in [0.15, 0.2) is 15.1 Å². The Kier molecular flexibility index (Phi) is 4.35. The van der Waals surface area contributed by atoms with E-state index in [0.29, 0.717) is 11.6 Å². The molecule has 0 aliphatic heterocycles. The summed E-state index contributed by atoms with van der Waals surface area (Å²) in [5, 5.41) is 12.7. The number of hydrogen-bond donors (Lipinski definition) is 2. The zero-order chi connectivity index (χ0) is 16.2. The number of aromatic nitrogens is 3. The monoisotopic (exact) mass is 319 g/mol. The van der Waals surface area contributed by atoms with E-state index in [1.165, 1.54) is 0 Å². The number of hydrogen-bond acceptors (Lipinski definition) is 7. The van der Waals surface area contributed by atoms with Gasteiger partial charge < -0.3 is 19.7 Å². The van der Waals surface area contributed by atoms with Crippen molar-refractivity contribution in [3.05, 3.63) is 23.5 Å². The Balaban J connectivity index is 1.53. The van der Waals surface area contributed by atoms with E-state index < -0.39 is 5.91 Å². The van der Waals surface area contributed by atoms with E-state index in [0.717, 1.165) is 25.7 Å². The van der Waals surface area contributed by atoms with Crippen molar-refractivity contribution in [2.24, 2.45) is 0 Å². The van der Waals surface area contributed by atoms with E-state index in [9.17, 15) is 9.59 Å². The van der Waals surface area contributed by atoms with Crippen LogP contribution in [0.4, 0.5) is 5.82 Å². The van der Waals surface area contributed by atoms with Crippen LogP contribution in [0.1, 0.15) is 48.0 Å². The molecule has 9 heteroatoms. The van der Waals surface area contributed by atoms with Crippen molar-refractivity contribution in [2.75, 3.05) is 5.32 Å². The Morgan fingerprint density at radius 3 is 2.74 bits per heavy atom. The van der Waals surface area contributed by atoms with E-state index in [1.54, 1.807) is 13.0 Å². The molecule has 1 aliphatic rings. The molecule has 0 aromatic carbocycles. The van der Waals surface area contributed by atoms with Gasteiger partial charge in [-0.25, -0.2) is 0 Å². The van der Waals surface area contributed by atoms with Crippen molar-refractivity contribution >= 4 is 17.6 Å². The van der Waals surface area contributed by atoms with Crippen LogP contribution >= 0.6 is 0 Å². The summed E-state index contributed by atoms with van der Waals surface area (Å²) >= 11 is 0. The van der Waals surface area contributed by atoms with Crippen molar-refractivity contribution in [3.8, 4) is 0 Å². The minimum atomic E-state index is -0.400. The molecule has 2 aromatic rings. The second-order valence-electron chi connectivity index (χ2n) is 5.52. The highest BCUT2D eigenvalue weighted by Gasteiger charge is 2.22. The normalized spacial score (nSPS) is 14.8. The van der Waals surface area contributed by atoms with Gasteiger partial charge >= 0.3 is 11.8 Å². The quantitative estimate of drug-likeness (QED) is 0.849. The fourth-order valence-corrected chi connectivity index (χ4v) is 2.49. The summed E-state index contributed by atoms with van der Waals surface area (Å²) in [5.74, 6) is 0.141. The molecule has 2 aromatic heterocycles. The third kappa shape index (κ3) is 3.93. The first kappa shape index (κ1) is 15.2. The third-order valence-corrected chi connectivity index (χ3v) is 3.57. The Morgan fingerprint density at radius 2 is 2.04 bits per heavy atom. The second kappa shape index (κ2) is 6.59. The standard InChI is InChI=1S/C14H17N5O4/c1-8-6-10(18-22-8)16-12(20)7-11-17-14(23-19-11)13(21)15-9-4-2-3-5-9/h6,9H,2-5,7H2,1H3,(H,15,21)(H,16,18,20). The van der Waals surface area contributed by atoms with Gasteiger partial charge in [-0.3, -0.25) is 9.59 Å². The van der Waals surface area contributed by atoms with Gasteiger partial charge in [-0.1, -0.05) is 23.2 Å². The Hall–Kier alpha value is -2.71. The van der Waals surface area contributed by atoms with Gasteiger partial charge in [-0.05, 0) is 19.8 Å². The van der Waals surface area contributed by atoms with E-state index in [4.69, 9.17) is 9.05 Å². The topological polar surface area (TPSA) is 123 Å². The average molecular weight is 319 g/mol. The molecule has 0 saturated heterocycles. The number of rotatable bonds is 5. The molecule has 1 saturated carbocycles. The summed E-state index contributed by atoms with van der Waals surface area (Å²) in [5.41, 5.74) is 0. The lowest BCUT2D eigenvalue weighted by atomic mass is 10.2. The van der Waals surface area contributed by atoms with E-state index in [1.807, 2.05) is 0 Å². The Bertz CT molecular complexity index is 702. The summed E-state index contributed by atoms with van der Waals surface area (Å²) in [6.07, 6.45) is 4.04. The maximum Gasteiger partial charge on any atom is 0.315 e. The predicted molar refractivity (Wildman–Crippen MR) is 77.6 cm³/mol. The molecule has 1 aliphatic carbocycles. The smallest absolute Gasteiger partial charge is 0.315 e. The molecular weight excluding hydrogens is 302 g/mol. The van der Waals surface area contributed by atoms with Crippen LogP contribution < -0.4 is 10.6 Å². The molecule has 1 fully saturated rings. The molecular formula is C14H17N5O4. The van der Waals surface area contributed by atoms with Gasteiger partial charge in [0.15, 0.2) is 11.6 Å². The zero-order valence-electron chi connectivity index (χ0n) is 12.7. The van der Waals surface area contributed by atoms with E-state index in [-0.39, 0.29) is 30.1 Å². The van der Waals surface area contributed by atoms with Gasteiger partial charge in [0.25, 0.3) is 0 Å². The van der Waals surface area contributed by atoms with Crippen molar-refractivity contribution in [1.82, 2.24) is 20.6 Å². The first-order valence-electron chi connectivity index (χ1n) is 7.47. The van der Waals surface area contributed by atoms with E-state index >= 15 is 0 Å². The van der Waals surface area contributed by atoms with Gasteiger partial charge in [-0.2, -0.15) is 4.98 Å². The predicted octanol–water partition coefficient (Wildman–Crippen LogP) is 1.22. The number of nitrogens with one attached hydrogen (secondary N) is 2. The zero-order valence-corrected chi connectivity index (χ0v) is 12.7. The third-order valence-electron chi connectivity index (χ3n) is 3.57. The molecule has 0 spiro atoms. The highest BCUT2D eigenvalue weighted by molar-refractivity contribution is 5.91. The summed E-state index contributed by atoms with van der Waals surface area (Å²) in [6.45, 7) is 1.72. The van der Waals surface area contributed by atoms with Gasteiger partial charge in [-0.15, -0.1) is 0 Å². The molecule has 0 unspecified atom stereocenters. The summed E-state index contributed by atoms with van der Waals surface area (Å²) in [4.78, 5) is 27.7. The van der Waals surface area contributed by atoms with Crippen molar-refractivity contribution < 1.29 is 18.6 Å². The van der Waals surface area contributed by atoms with Crippen LogP contribution in [0.25, 0.3) is 0 Å². The molecule has 9 nitrogen and oxygen atoms in total. The molecule has 2 N–H and O–H groups in total. The maximum atomic E-state index is 12.0. The van der Waals surface area contributed by atoms with Crippen LogP contribution in [-0.2, 0) is 11.2 Å². The van der Waals surface area contributed by atoms with Crippen molar-refractivity contribution in [3.63, 3.8) is 0 Å². The number of carbonyl (C=O) groups is 2. The van der Waals surface area contributed by atoms with Crippen LogP contribution in [0, 0.1) is 6.92 Å². The van der Waals surface area contributed by atoms with Crippen molar-refractivity contribution in [2.45, 2.75) is 45.1 Å². The molecule has 0 atom stereocenters.